The number of hydrogen-bond acceptors (Lipinski definition) is 3. The molecule has 0 atom stereocenters. The fourth-order valence-corrected chi connectivity index (χ4v) is 2.72. The Labute approximate surface area is 92.1 Å². The lowest BCUT2D eigenvalue weighted by Crippen LogP contribution is -1.97. The van der Waals surface area contributed by atoms with Crippen molar-refractivity contribution in [1.82, 2.24) is 9.36 Å². The topological polar surface area (TPSA) is 25.8 Å². The molecule has 0 aliphatic carbocycles. The molecule has 0 unspecified atom stereocenters. The maximum Gasteiger partial charge on any atom is 0.209 e. The molecule has 4 heteroatoms. The van der Waals surface area contributed by atoms with Crippen LogP contribution in [0.2, 0.25) is 0 Å². The molecule has 0 radical (unpaired) electrons. The summed E-state index contributed by atoms with van der Waals surface area (Å²) in [5.74, 6) is 0.624. The van der Waals surface area contributed by atoms with Crippen LogP contribution in [0.3, 0.4) is 0 Å². The third kappa shape index (κ3) is 3.35. The maximum absolute atomic E-state index is 4.37. The Morgan fingerprint density at radius 2 is 1.92 bits per heavy atom. The third-order valence-electron chi connectivity index (χ3n) is 2.04. The predicted octanol–water partition coefficient (Wildman–Crippen LogP) is 3.98. The lowest BCUT2D eigenvalue weighted by atomic mass is 9.99. The average Bonchev–Trinajstić information content (AvgIpc) is 2.51. The van der Waals surface area contributed by atoms with Gasteiger partial charge < -0.3 is 0 Å². The van der Waals surface area contributed by atoms with Crippen LogP contribution in [0.5, 0.6) is 0 Å². The Morgan fingerprint density at radius 3 is 2.31 bits per heavy atom. The van der Waals surface area contributed by atoms with Gasteiger partial charge in [0.1, 0.15) is 5.01 Å². The first-order valence-electron chi connectivity index (χ1n) is 4.77. The Balaban J connectivity index is 2.63. The monoisotopic (exact) mass is 262 g/mol. The average molecular weight is 263 g/mol. The van der Waals surface area contributed by atoms with Crippen molar-refractivity contribution in [1.29, 1.82) is 0 Å². The van der Waals surface area contributed by atoms with E-state index < -0.39 is 0 Å². The summed E-state index contributed by atoms with van der Waals surface area (Å²) >= 11 is 4.82. The summed E-state index contributed by atoms with van der Waals surface area (Å²) in [5.41, 5.74) is 0. The lowest BCUT2D eigenvalue weighted by Gasteiger charge is -2.10. The van der Waals surface area contributed by atoms with Gasteiger partial charge in [-0.05, 0) is 40.3 Å². The summed E-state index contributed by atoms with van der Waals surface area (Å²) in [6.07, 6.45) is 4.91. The number of hydrogen-bond donors (Lipinski definition) is 0. The summed E-state index contributed by atoms with van der Waals surface area (Å²) in [7, 11) is 0. The van der Waals surface area contributed by atoms with E-state index in [1.165, 1.54) is 42.2 Å². The van der Waals surface area contributed by atoms with Gasteiger partial charge in [-0.25, -0.2) is 4.98 Å². The van der Waals surface area contributed by atoms with Crippen LogP contribution >= 0.6 is 27.5 Å². The molecule has 0 fully saturated rings. The van der Waals surface area contributed by atoms with E-state index in [4.69, 9.17) is 0 Å². The predicted molar refractivity (Wildman–Crippen MR) is 60.2 cm³/mol. The van der Waals surface area contributed by atoms with Gasteiger partial charge in [-0.15, -0.1) is 0 Å². The molecule has 0 bridgehead atoms. The zero-order valence-corrected chi connectivity index (χ0v) is 10.5. The molecular formula is C9H15BrN2S. The highest BCUT2D eigenvalue weighted by atomic mass is 79.9. The van der Waals surface area contributed by atoms with Crippen LogP contribution in [-0.2, 0) is 0 Å². The Hall–Kier alpha value is 0.0400. The SMILES string of the molecule is CCCC(CCC)c1nc(Br)ns1. The molecule has 1 aromatic rings. The fourth-order valence-electron chi connectivity index (χ4n) is 1.47. The van der Waals surface area contributed by atoms with E-state index in [9.17, 15) is 0 Å². The third-order valence-corrected chi connectivity index (χ3v) is 3.51. The van der Waals surface area contributed by atoms with Crippen molar-refractivity contribution in [3.8, 4) is 0 Å². The van der Waals surface area contributed by atoms with Gasteiger partial charge in [0.25, 0.3) is 0 Å². The summed E-state index contributed by atoms with van der Waals surface area (Å²) in [4.78, 5) is 4.37. The van der Waals surface area contributed by atoms with Gasteiger partial charge in [0.15, 0.2) is 0 Å². The van der Waals surface area contributed by atoms with Crippen LogP contribution in [0, 0.1) is 0 Å². The van der Waals surface area contributed by atoms with Crippen LogP contribution in [0.1, 0.15) is 50.5 Å². The molecule has 0 aliphatic rings. The summed E-state index contributed by atoms with van der Waals surface area (Å²) in [6, 6.07) is 0. The van der Waals surface area contributed by atoms with E-state index in [0.29, 0.717) is 5.92 Å². The van der Waals surface area contributed by atoms with Gasteiger partial charge in [0.05, 0.1) is 0 Å². The molecule has 0 N–H and O–H groups in total. The Morgan fingerprint density at radius 1 is 1.31 bits per heavy atom. The molecule has 2 nitrogen and oxygen atoms in total. The van der Waals surface area contributed by atoms with Crippen molar-refractivity contribution in [2.45, 2.75) is 45.4 Å². The van der Waals surface area contributed by atoms with E-state index >= 15 is 0 Å². The molecule has 0 aliphatic heterocycles. The molecule has 0 spiro atoms. The van der Waals surface area contributed by atoms with Gasteiger partial charge in [0.2, 0.25) is 4.73 Å². The Bertz CT molecular complexity index is 244. The largest absolute Gasteiger partial charge is 0.214 e. The zero-order valence-electron chi connectivity index (χ0n) is 8.09. The number of halogens is 1. The van der Waals surface area contributed by atoms with Gasteiger partial charge in [0, 0.05) is 5.92 Å². The molecule has 0 amide bonds. The minimum absolute atomic E-state index is 0.624. The van der Waals surface area contributed by atoms with E-state index in [1.54, 1.807) is 0 Å². The van der Waals surface area contributed by atoms with E-state index in [2.05, 4.69) is 39.1 Å². The minimum atomic E-state index is 0.624. The maximum atomic E-state index is 4.37. The first-order valence-corrected chi connectivity index (χ1v) is 6.33. The summed E-state index contributed by atoms with van der Waals surface area (Å²) in [5, 5.41) is 1.19. The molecule has 1 heterocycles. The van der Waals surface area contributed by atoms with Gasteiger partial charge in [-0.3, -0.25) is 0 Å². The highest BCUT2D eigenvalue weighted by Crippen LogP contribution is 2.28. The molecule has 0 saturated heterocycles. The molecule has 1 rings (SSSR count). The van der Waals surface area contributed by atoms with Crippen LogP contribution in [0.15, 0.2) is 4.73 Å². The summed E-state index contributed by atoms with van der Waals surface area (Å²) < 4.78 is 4.89. The van der Waals surface area contributed by atoms with Crippen molar-refractivity contribution in [3.05, 3.63) is 9.74 Å². The van der Waals surface area contributed by atoms with Crippen molar-refractivity contribution in [2.24, 2.45) is 0 Å². The number of aromatic nitrogens is 2. The van der Waals surface area contributed by atoms with Crippen molar-refractivity contribution in [3.63, 3.8) is 0 Å². The van der Waals surface area contributed by atoms with Crippen LogP contribution in [-0.4, -0.2) is 9.36 Å². The molecule has 13 heavy (non-hydrogen) atoms. The smallest absolute Gasteiger partial charge is 0.209 e. The number of rotatable bonds is 5. The molecular weight excluding hydrogens is 248 g/mol. The van der Waals surface area contributed by atoms with Crippen LogP contribution in [0.4, 0.5) is 0 Å². The van der Waals surface area contributed by atoms with Gasteiger partial charge in [-0.1, -0.05) is 26.7 Å². The Kier molecular flexibility index (Phi) is 4.88. The van der Waals surface area contributed by atoms with Crippen molar-refractivity contribution in [2.75, 3.05) is 0 Å². The first-order chi connectivity index (χ1) is 6.27. The lowest BCUT2D eigenvalue weighted by molar-refractivity contribution is 0.557. The molecule has 74 valence electrons. The van der Waals surface area contributed by atoms with E-state index in [1.807, 2.05) is 0 Å². The second kappa shape index (κ2) is 5.70. The van der Waals surface area contributed by atoms with Crippen LogP contribution < -0.4 is 0 Å². The number of nitrogens with zero attached hydrogens (tertiary/aromatic N) is 2. The zero-order chi connectivity index (χ0) is 9.68. The standard InChI is InChI=1S/C9H15BrN2S/c1-3-5-7(6-4-2)8-11-9(10)12-13-8/h7H,3-6H2,1-2H3. The molecule has 1 aromatic heterocycles. The minimum Gasteiger partial charge on any atom is -0.214 e. The van der Waals surface area contributed by atoms with Gasteiger partial charge >= 0.3 is 0 Å². The summed E-state index contributed by atoms with van der Waals surface area (Å²) in [6.45, 7) is 4.44. The van der Waals surface area contributed by atoms with Crippen molar-refractivity contribution < 1.29 is 0 Å². The van der Waals surface area contributed by atoms with Crippen molar-refractivity contribution >= 4 is 27.5 Å². The second-order valence-electron chi connectivity index (χ2n) is 3.18. The van der Waals surface area contributed by atoms with E-state index in [0.717, 1.165) is 4.73 Å². The molecule has 0 aromatic carbocycles. The first kappa shape index (κ1) is 11.1. The second-order valence-corrected chi connectivity index (χ2v) is 4.67. The normalized spacial score (nSPS) is 11.1. The van der Waals surface area contributed by atoms with E-state index in [-0.39, 0.29) is 0 Å². The van der Waals surface area contributed by atoms with Gasteiger partial charge in [-0.2, -0.15) is 4.37 Å². The fraction of sp³-hybridized carbons (Fsp3) is 0.778. The highest BCUT2D eigenvalue weighted by molar-refractivity contribution is 9.10. The quantitative estimate of drug-likeness (QED) is 0.802. The highest BCUT2D eigenvalue weighted by Gasteiger charge is 2.14. The van der Waals surface area contributed by atoms with Crippen LogP contribution in [0.25, 0.3) is 0 Å². The molecule has 0 saturated carbocycles.